The van der Waals surface area contributed by atoms with E-state index in [-0.39, 0.29) is 5.92 Å². The molecule has 0 fully saturated rings. The Balaban J connectivity index is 5.17. The van der Waals surface area contributed by atoms with E-state index in [1.54, 1.807) is 34.6 Å². The van der Waals surface area contributed by atoms with Crippen LogP contribution in [0.2, 0.25) is 0 Å². The van der Waals surface area contributed by atoms with E-state index in [1.165, 1.54) is 6.92 Å². The zero-order valence-electron chi connectivity index (χ0n) is 10.5. The van der Waals surface area contributed by atoms with E-state index in [0.29, 0.717) is 0 Å². The third-order valence-electron chi connectivity index (χ3n) is 3.35. The molecule has 0 N–H and O–H groups in total. The lowest BCUT2D eigenvalue weighted by atomic mass is 9.62. The van der Waals surface area contributed by atoms with Crippen LogP contribution in [-0.4, -0.2) is 12.3 Å². The van der Waals surface area contributed by atoms with Crippen LogP contribution in [0.15, 0.2) is 0 Å². The first-order valence-corrected chi connectivity index (χ1v) is 5.12. The zero-order valence-corrected chi connectivity index (χ0v) is 10.5. The molecular formula is C11H19F3O2. The quantitative estimate of drug-likeness (QED) is 0.687. The molecule has 0 spiro atoms. The highest BCUT2D eigenvalue weighted by Gasteiger charge is 2.51. The topological polar surface area (TPSA) is 26.3 Å². The van der Waals surface area contributed by atoms with Crippen molar-refractivity contribution in [2.75, 3.05) is 0 Å². The molecule has 1 unspecified atom stereocenters. The zero-order chi connectivity index (χ0) is 13.4. The first-order valence-electron chi connectivity index (χ1n) is 5.12. The number of alkyl halides is 3. The van der Waals surface area contributed by atoms with Crippen LogP contribution in [0.1, 0.15) is 41.5 Å². The van der Waals surface area contributed by atoms with Crippen molar-refractivity contribution >= 4 is 5.97 Å². The molecule has 0 saturated heterocycles. The Bertz CT molecular complexity index is 263. The lowest BCUT2D eigenvalue weighted by Crippen LogP contribution is -2.47. The Labute approximate surface area is 94.2 Å². The van der Waals surface area contributed by atoms with Crippen molar-refractivity contribution in [2.45, 2.75) is 47.9 Å². The van der Waals surface area contributed by atoms with Crippen molar-refractivity contribution in [3.05, 3.63) is 0 Å². The van der Waals surface area contributed by atoms with Crippen molar-refractivity contribution in [3.63, 3.8) is 0 Å². The standard InChI is InChI=1S/C11H19F3O2/c1-7(2)10(6,9(3,4)5)8(15)16-11(12,13)14/h7H,1-6H3. The van der Waals surface area contributed by atoms with Gasteiger partial charge in [-0.1, -0.05) is 34.6 Å². The van der Waals surface area contributed by atoms with Crippen LogP contribution in [0.25, 0.3) is 0 Å². The summed E-state index contributed by atoms with van der Waals surface area (Å²) in [4.78, 5) is 11.6. The molecule has 0 aliphatic rings. The van der Waals surface area contributed by atoms with Crippen LogP contribution in [0.4, 0.5) is 13.2 Å². The SMILES string of the molecule is CC(C)C(C)(C(=O)OC(F)(F)F)C(C)(C)C. The van der Waals surface area contributed by atoms with Crippen LogP contribution in [-0.2, 0) is 9.53 Å². The number of esters is 1. The van der Waals surface area contributed by atoms with Gasteiger partial charge in [0, 0.05) is 0 Å². The predicted octanol–water partition coefficient (Wildman–Crippen LogP) is 3.76. The number of hydrogen-bond donors (Lipinski definition) is 0. The van der Waals surface area contributed by atoms with Gasteiger partial charge in [-0.15, -0.1) is 13.2 Å². The Hall–Kier alpha value is -0.740. The van der Waals surface area contributed by atoms with E-state index >= 15 is 0 Å². The average molecular weight is 240 g/mol. The highest BCUT2D eigenvalue weighted by molar-refractivity contribution is 5.77. The van der Waals surface area contributed by atoms with Crippen molar-refractivity contribution in [1.29, 1.82) is 0 Å². The summed E-state index contributed by atoms with van der Waals surface area (Å²) in [6, 6.07) is 0. The van der Waals surface area contributed by atoms with Crippen LogP contribution in [0.3, 0.4) is 0 Å². The van der Waals surface area contributed by atoms with Gasteiger partial charge in [-0.25, -0.2) is 0 Å². The van der Waals surface area contributed by atoms with Crippen molar-refractivity contribution in [3.8, 4) is 0 Å². The van der Waals surface area contributed by atoms with Gasteiger partial charge in [0.15, 0.2) is 0 Å². The number of rotatable bonds is 2. The van der Waals surface area contributed by atoms with E-state index in [1.807, 2.05) is 0 Å². The molecule has 0 rings (SSSR count). The summed E-state index contributed by atoms with van der Waals surface area (Å²) in [6.45, 7) is 10.1. The first-order chi connectivity index (χ1) is 6.82. The van der Waals surface area contributed by atoms with Crippen LogP contribution >= 0.6 is 0 Å². The maximum Gasteiger partial charge on any atom is 0.575 e. The maximum atomic E-state index is 12.0. The van der Waals surface area contributed by atoms with Crippen LogP contribution in [0, 0.1) is 16.7 Å². The van der Waals surface area contributed by atoms with Gasteiger partial charge in [-0.2, -0.15) is 0 Å². The van der Waals surface area contributed by atoms with Gasteiger partial charge >= 0.3 is 12.3 Å². The van der Waals surface area contributed by atoms with Crippen molar-refractivity contribution in [2.24, 2.45) is 16.7 Å². The molecule has 0 aromatic heterocycles. The normalized spacial score (nSPS) is 17.1. The molecule has 0 saturated carbocycles. The number of hydrogen-bond acceptors (Lipinski definition) is 2. The molecular weight excluding hydrogens is 221 g/mol. The molecule has 0 bridgehead atoms. The number of carbonyl (C=O) groups is 1. The summed E-state index contributed by atoms with van der Waals surface area (Å²) < 4.78 is 39.7. The highest BCUT2D eigenvalue weighted by Crippen LogP contribution is 2.46. The molecule has 0 aromatic carbocycles. The molecule has 1 atom stereocenters. The molecule has 2 nitrogen and oxygen atoms in total. The summed E-state index contributed by atoms with van der Waals surface area (Å²) in [5.41, 5.74) is -1.79. The fourth-order valence-electron chi connectivity index (χ4n) is 1.62. The Kier molecular flexibility index (Phi) is 4.06. The lowest BCUT2D eigenvalue weighted by Gasteiger charge is -2.42. The second-order valence-corrected chi connectivity index (χ2v) is 5.44. The van der Waals surface area contributed by atoms with E-state index in [4.69, 9.17) is 0 Å². The largest absolute Gasteiger partial charge is 0.575 e. The molecule has 0 radical (unpaired) electrons. The summed E-state index contributed by atoms with van der Waals surface area (Å²) in [7, 11) is 0. The van der Waals surface area contributed by atoms with Crippen LogP contribution < -0.4 is 0 Å². The summed E-state index contributed by atoms with van der Waals surface area (Å²) in [5, 5.41) is 0. The van der Waals surface area contributed by atoms with E-state index in [0.717, 1.165) is 0 Å². The Morgan fingerprint density at radius 1 is 1.06 bits per heavy atom. The summed E-state index contributed by atoms with van der Waals surface area (Å²) >= 11 is 0. The molecule has 96 valence electrons. The molecule has 5 heteroatoms. The van der Waals surface area contributed by atoms with E-state index in [2.05, 4.69) is 4.74 Å². The monoisotopic (exact) mass is 240 g/mol. The fraction of sp³-hybridized carbons (Fsp3) is 0.909. The van der Waals surface area contributed by atoms with Gasteiger partial charge in [-0.05, 0) is 18.3 Å². The van der Waals surface area contributed by atoms with Crippen molar-refractivity contribution < 1.29 is 22.7 Å². The van der Waals surface area contributed by atoms with Gasteiger partial charge in [0.1, 0.15) is 0 Å². The second kappa shape index (κ2) is 4.26. The van der Waals surface area contributed by atoms with Gasteiger partial charge in [0.2, 0.25) is 0 Å². The number of halogens is 3. The van der Waals surface area contributed by atoms with Gasteiger partial charge in [0.25, 0.3) is 0 Å². The first kappa shape index (κ1) is 15.3. The molecule has 0 heterocycles. The number of carbonyl (C=O) groups excluding carboxylic acids is 1. The van der Waals surface area contributed by atoms with Gasteiger partial charge < -0.3 is 4.74 Å². The average Bonchev–Trinajstić information content (AvgIpc) is 1.96. The maximum absolute atomic E-state index is 12.0. The van der Waals surface area contributed by atoms with Crippen molar-refractivity contribution in [1.82, 2.24) is 0 Å². The third-order valence-corrected chi connectivity index (χ3v) is 3.35. The molecule has 0 amide bonds. The minimum Gasteiger partial charge on any atom is -0.372 e. The minimum atomic E-state index is -4.92. The smallest absolute Gasteiger partial charge is 0.372 e. The Morgan fingerprint density at radius 2 is 1.44 bits per heavy atom. The predicted molar refractivity (Wildman–Crippen MR) is 54.5 cm³/mol. The highest BCUT2D eigenvalue weighted by atomic mass is 19.4. The Morgan fingerprint density at radius 3 is 1.62 bits per heavy atom. The summed E-state index contributed by atoms with van der Waals surface area (Å²) in [5.74, 6) is -1.47. The fourth-order valence-corrected chi connectivity index (χ4v) is 1.62. The van der Waals surface area contributed by atoms with E-state index < -0.39 is 23.2 Å². The summed E-state index contributed by atoms with van der Waals surface area (Å²) in [6.07, 6.45) is -4.92. The molecule has 16 heavy (non-hydrogen) atoms. The minimum absolute atomic E-state index is 0.248. The number of ether oxygens (including phenoxy) is 1. The van der Waals surface area contributed by atoms with Gasteiger partial charge in [0.05, 0.1) is 5.41 Å². The van der Waals surface area contributed by atoms with Crippen LogP contribution in [0.5, 0.6) is 0 Å². The molecule has 0 aliphatic carbocycles. The second-order valence-electron chi connectivity index (χ2n) is 5.44. The molecule has 0 aliphatic heterocycles. The lowest BCUT2D eigenvalue weighted by molar-refractivity contribution is -0.313. The van der Waals surface area contributed by atoms with Gasteiger partial charge in [-0.3, -0.25) is 4.79 Å². The third kappa shape index (κ3) is 3.12. The molecule has 0 aromatic rings. The van der Waals surface area contributed by atoms with E-state index in [9.17, 15) is 18.0 Å².